The molecular weight excluding hydrogens is 354 g/mol. The van der Waals surface area contributed by atoms with Gasteiger partial charge in [0.25, 0.3) is 0 Å². The molecule has 3 aliphatic heterocycles. The van der Waals surface area contributed by atoms with Crippen LogP contribution < -0.4 is 0 Å². The maximum atomic E-state index is 13.2. The highest BCUT2D eigenvalue weighted by molar-refractivity contribution is 5.87. The molecule has 0 bridgehead atoms. The zero-order valence-electron chi connectivity index (χ0n) is 16.2. The molecule has 2 N–H and O–H groups in total. The summed E-state index contributed by atoms with van der Waals surface area (Å²) in [7, 11) is 0. The van der Waals surface area contributed by atoms with Crippen LogP contribution in [0.4, 0.5) is 4.79 Å². The zero-order valence-corrected chi connectivity index (χ0v) is 16.2. The summed E-state index contributed by atoms with van der Waals surface area (Å²) < 4.78 is 5.43. The highest BCUT2D eigenvalue weighted by atomic mass is 16.6. The van der Waals surface area contributed by atoms with Crippen LogP contribution in [0.1, 0.15) is 46.5 Å². The van der Waals surface area contributed by atoms with E-state index in [-0.39, 0.29) is 12.5 Å². The van der Waals surface area contributed by atoms with Crippen molar-refractivity contribution in [1.29, 1.82) is 0 Å². The number of carbonyl (C=O) groups is 3. The number of hydrogen-bond acceptors (Lipinski definition) is 6. The number of carbonyl (C=O) groups excluding carboxylic acids is 2. The lowest BCUT2D eigenvalue weighted by Crippen LogP contribution is -2.76. The number of likely N-dealkylation sites (tertiary alicyclic amines) is 3. The van der Waals surface area contributed by atoms with Gasteiger partial charge in [-0.05, 0) is 46.5 Å². The standard InChI is InChI=1S/C18H29N3O6/c1-17(2,3)27-16(26)20-8-4-6-12(20)14(24)21-9-5-7-18(21)11-19(15(18)25)10-13(22)23/h12,15,25H,4-11H2,1-3H3,(H,22,23)/t12-,15?,18+/m0/s1. The molecule has 9 nitrogen and oxygen atoms in total. The fourth-order valence-electron chi connectivity index (χ4n) is 4.47. The van der Waals surface area contributed by atoms with Gasteiger partial charge in [-0.1, -0.05) is 0 Å². The number of carboxylic acids is 1. The summed E-state index contributed by atoms with van der Waals surface area (Å²) in [6.07, 6.45) is 1.20. The highest BCUT2D eigenvalue weighted by Crippen LogP contribution is 2.43. The van der Waals surface area contributed by atoms with Gasteiger partial charge >= 0.3 is 12.1 Å². The minimum absolute atomic E-state index is 0.176. The van der Waals surface area contributed by atoms with E-state index in [2.05, 4.69) is 0 Å². The Labute approximate surface area is 158 Å². The largest absolute Gasteiger partial charge is 0.480 e. The van der Waals surface area contributed by atoms with Gasteiger partial charge in [0.2, 0.25) is 5.91 Å². The summed E-state index contributed by atoms with van der Waals surface area (Å²) in [5.74, 6) is -1.18. The lowest BCUT2D eigenvalue weighted by Gasteiger charge is -2.56. The molecule has 3 aliphatic rings. The van der Waals surface area contributed by atoms with Gasteiger partial charge in [-0.15, -0.1) is 0 Å². The van der Waals surface area contributed by atoms with Crippen molar-refractivity contribution in [3.05, 3.63) is 0 Å². The SMILES string of the molecule is CC(C)(C)OC(=O)N1CCC[C@H]1C(=O)N1CCC[C@]12CN(CC(=O)O)C2O. The number of aliphatic hydroxyl groups is 1. The molecule has 3 saturated heterocycles. The summed E-state index contributed by atoms with van der Waals surface area (Å²) in [6, 6.07) is -0.587. The Morgan fingerprint density at radius 2 is 1.89 bits per heavy atom. The monoisotopic (exact) mass is 383 g/mol. The number of hydrogen-bond donors (Lipinski definition) is 2. The summed E-state index contributed by atoms with van der Waals surface area (Å²) in [6.45, 7) is 6.43. The molecule has 9 heteroatoms. The van der Waals surface area contributed by atoms with Crippen LogP contribution in [0.2, 0.25) is 0 Å². The molecule has 3 fully saturated rings. The molecule has 0 aromatic rings. The summed E-state index contributed by atoms with van der Waals surface area (Å²) in [5, 5.41) is 19.5. The van der Waals surface area contributed by atoms with E-state index < -0.39 is 35.5 Å². The smallest absolute Gasteiger partial charge is 0.410 e. The summed E-state index contributed by atoms with van der Waals surface area (Å²) >= 11 is 0. The predicted octanol–water partition coefficient (Wildman–Crippen LogP) is 0.466. The van der Waals surface area contributed by atoms with Crippen LogP contribution in [0.25, 0.3) is 0 Å². The van der Waals surface area contributed by atoms with Gasteiger partial charge in [-0.25, -0.2) is 4.79 Å². The fourth-order valence-corrected chi connectivity index (χ4v) is 4.47. The average molecular weight is 383 g/mol. The van der Waals surface area contributed by atoms with Crippen LogP contribution in [-0.2, 0) is 14.3 Å². The molecule has 1 spiro atoms. The zero-order chi connectivity index (χ0) is 20.0. The third-order valence-corrected chi connectivity index (χ3v) is 5.60. The second kappa shape index (κ2) is 6.94. The highest BCUT2D eigenvalue weighted by Gasteiger charge is 2.60. The maximum absolute atomic E-state index is 13.2. The van der Waals surface area contributed by atoms with Gasteiger partial charge in [0.15, 0.2) is 0 Å². The van der Waals surface area contributed by atoms with E-state index in [9.17, 15) is 19.5 Å². The molecule has 0 aliphatic carbocycles. The third-order valence-electron chi connectivity index (χ3n) is 5.60. The second-order valence-corrected chi connectivity index (χ2v) is 8.70. The van der Waals surface area contributed by atoms with Crippen molar-refractivity contribution in [2.75, 3.05) is 26.2 Å². The van der Waals surface area contributed by atoms with Crippen LogP contribution in [0.5, 0.6) is 0 Å². The normalized spacial score (nSPS) is 31.3. The van der Waals surface area contributed by atoms with Crippen molar-refractivity contribution >= 4 is 18.0 Å². The van der Waals surface area contributed by atoms with Crippen LogP contribution in [-0.4, -0.2) is 92.5 Å². The number of nitrogens with zero attached hydrogens (tertiary/aromatic N) is 3. The molecule has 0 aromatic heterocycles. The number of amides is 2. The fraction of sp³-hybridized carbons (Fsp3) is 0.833. The molecular formula is C18H29N3O6. The first kappa shape index (κ1) is 19.9. The Morgan fingerprint density at radius 1 is 1.19 bits per heavy atom. The van der Waals surface area contributed by atoms with E-state index in [4.69, 9.17) is 9.84 Å². The van der Waals surface area contributed by atoms with E-state index >= 15 is 0 Å². The van der Waals surface area contributed by atoms with E-state index in [1.807, 2.05) is 0 Å². The first-order valence-corrected chi connectivity index (χ1v) is 9.50. The molecule has 0 radical (unpaired) electrons. The first-order valence-electron chi connectivity index (χ1n) is 9.50. The Balaban J connectivity index is 1.71. The Bertz CT molecular complexity index is 633. The first-order chi connectivity index (χ1) is 12.5. The van der Waals surface area contributed by atoms with Crippen LogP contribution in [0.3, 0.4) is 0 Å². The van der Waals surface area contributed by atoms with Crippen molar-refractivity contribution in [2.24, 2.45) is 0 Å². The number of ether oxygens (including phenoxy) is 1. The second-order valence-electron chi connectivity index (χ2n) is 8.70. The van der Waals surface area contributed by atoms with Gasteiger partial charge < -0.3 is 19.8 Å². The molecule has 2 amide bonds. The summed E-state index contributed by atoms with van der Waals surface area (Å²) in [4.78, 5) is 41.2. The van der Waals surface area contributed by atoms with E-state index in [1.165, 1.54) is 9.80 Å². The predicted molar refractivity (Wildman–Crippen MR) is 94.9 cm³/mol. The Kier molecular flexibility index (Phi) is 5.11. The minimum Gasteiger partial charge on any atom is -0.480 e. The molecule has 3 rings (SSSR count). The molecule has 3 heterocycles. The average Bonchev–Trinajstić information content (AvgIpc) is 3.20. The van der Waals surface area contributed by atoms with Crippen molar-refractivity contribution in [3.63, 3.8) is 0 Å². The van der Waals surface area contributed by atoms with Crippen molar-refractivity contribution < 1.29 is 29.3 Å². The van der Waals surface area contributed by atoms with Crippen molar-refractivity contribution in [3.8, 4) is 0 Å². The third kappa shape index (κ3) is 3.62. The van der Waals surface area contributed by atoms with Crippen LogP contribution in [0.15, 0.2) is 0 Å². The molecule has 3 atom stereocenters. The summed E-state index contributed by atoms with van der Waals surface area (Å²) in [5.41, 5.74) is -1.38. The van der Waals surface area contributed by atoms with E-state index in [0.29, 0.717) is 32.5 Å². The van der Waals surface area contributed by atoms with E-state index in [0.717, 1.165) is 12.8 Å². The Morgan fingerprint density at radius 3 is 2.48 bits per heavy atom. The van der Waals surface area contributed by atoms with E-state index in [1.54, 1.807) is 25.7 Å². The van der Waals surface area contributed by atoms with Gasteiger partial charge in [0.1, 0.15) is 17.9 Å². The molecule has 0 aromatic carbocycles. The lowest BCUT2D eigenvalue weighted by molar-refractivity contribution is -0.204. The van der Waals surface area contributed by atoms with Gasteiger partial charge in [0, 0.05) is 19.6 Å². The lowest BCUT2D eigenvalue weighted by atomic mass is 9.83. The van der Waals surface area contributed by atoms with Gasteiger partial charge in [-0.2, -0.15) is 0 Å². The minimum atomic E-state index is -1.01. The topological polar surface area (TPSA) is 111 Å². The van der Waals surface area contributed by atoms with Crippen molar-refractivity contribution in [1.82, 2.24) is 14.7 Å². The molecule has 0 saturated carbocycles. The quantitative estimate of drug-likeness (QED) is 0.729. The maximum Gasteiger partial charge on any atom is 0.410 e. The van der Waals surface area contributed by atoms with Gasteiger partial charge in [0.05, 0.1) is 12.1 Å². The molecule has 152 valence electrons. The number of aliphatic carboxylic acids is 1. The number of aliphatic hydroxyl groups excluding tert-OH is 1. The molecule has 1 unspecified atom stereocenters. The number of rotatable bonds is 3. The van der Waals surface area contributed by atoms with Crippen molar-refractivity contribution in [2.45, 2.75) is 69.9 Å². The van der Waals surface area contributed by atoms with Crippen LogP contribution in [0, 0.1) is 0 Å². The Hall–Kier alpha value is -1.87. The van der Waals surface area contributed by atoms with Gasteiger partial charge in [-0.3, -0.25) is 19.4 Å². The molecule has 27 heavy (non-hydrogen) atoms. The number of carboxylic acid groups (broad SMARTS) is 1. The van der Waals surface area contributed by atoms with Crippen LogP contribution >= 0.6 is 0 Å².